The largest absolute Gasteiger partial charge is 0.391 e. The molecule has 0 spiro atoms. The number of aryl methyl sites for hydroxylation is 1. The summed E-state index contributed by atoms with van der Waals surface area (Å²) in [5, 5.41) is 17.9. The lowest BCUT2D eigenvalue weighted by molar-refractivity contribution is 0.0682. The van der Waals surface area contributed by atoms with Crippen molar-refractivity contribution in [1.82, 2.24) is 15.1 Å². The molecule has 0 amide bonds. The van der Waals surface area contributed by atoms with Crippen LogP contribution in [-0.2, 0) is 6.54 Å². The molecular formula is C13H23N3O. The Kier molecular flexibility index (Phi) is 3.84. The number of aliphatic hydroxyl groups is 1. The van der Waals surface area contributed by atoms with Crippen LogP contribution in [0.2, 0.25) is 0 Å². The molecule has 96 valence electrons. The minimum atomic E-state index is -0.232. The third kappa shape index (κ3) is 2.38. The van der Waals surface area contributed by atoms with E-state index in [4.69, 9.17) is 0 Å². The van der Waals surface area contributed by atoms with Crippen LogP contribution in [0.5, 0.6) is 0 Å². The number of nitrogens with zero attached hydrogens (tertiary/aromatic N) is 2. The molecule has 2 atom stereocenters. The van der Waals surface area contributed by atoms with Gasteiger partial charge in [-0.25, -0.2) is 0 Å². The van der Waals surface area contributed by atoms with Gasteiger partial charge in [0.1, 0.15) is 0 Å². The van der Waals surface area contributed by atoms with E-state index in [0.29, 0.717) is 0 Å². The molecule has 0 radical (unpaired) electrons. The molecule has 2 N–H and O–H groups in total. The number of hydrogen-bond acceptors (Lipinski definition) is 3. The summed E-state index contributed by atoms with van der Waals surface area (Å²) in [5.74, 6) is 0. The number of aliphatic hydroxyl groups excluding tert-OH is 1. The lowest BCUT2D eigenvalue weighted by Gasteiger charge is -2.28. The first-order valence-corrected chi connectivity index (χ1v) is 6.52. The van der Waals surface area contributed by atoms with Crippen LogP contribution in [0, 0.1) is 13.8 Å². The van der Waals surface area contributed by atoms with Crippen molar-refractivity contribution in [3.63, 3.8) is 0 Å². The quantitative estimate of drug-likeness (QED) is 0.841. The minimum Gasteiger partial charge on any atom is -0.391 e. The van der Waals surface area contributed by atoms with Gasteiger partial charge >= 0.3 is 0 Å². The van der Waals surface area contributed by atoms with Crippen molar-refractivity contribution in [2.45, 2.75) is 58.2 Å². The molecule has 1 heterocycles. The Morgan fingerprint density at radius 1 is 1.35 bits per heavy atom. The van der Waals surface area contributed by atoms with E-state index in [1.54, 1.807) is 0 Å². The van der Waals surface area contributed by atoms with Gasteiger partial charge in [0.2, 0.25) is 0 Å². The highest BCUT2D eigenvalue weighted by molar-refractivity contribution is 5.25. The summed E-state index contributed by atoms with van der Waals surface area (Å²) in [4.78, 5) is 0. The van der Waals surface area contributed by atoms with Crippen molar-refractivity contribution in [3.05, 3.63) is 17.0 Å². The van der Waals surface area contributed by atoms with Gasteiger partial charge in [0, 0.05) is 17.8 Å². The first-order chi connectivity index (χ1) is 8.15. The second-order valence-electron chi connectivity index (χ2n) is 5.04. The molecule has 17 heavy (non-hydrogen) atoms. The second kappa shape index (κ2) is 5.19. The van der Waals surface area contributed by atoms with E-state index in [1.807, 2.05) is 18.7 Å². The highest BCUT2D eigenvalue weighted by Crippen LogP contribution is 2.30. The van der Waals surface area contributed by atoms with Gasteiger partial charge < -0.3 is 10.4 Å². The van der Waals surface area contributed by atoms with Crippen LogP contribution in [0.4, 0.5) is 0 Å². The summed E-state index contributed by atoms with van der Waals surface area (Å²) in [6, 6.07) is 0.174. The van der Waals surface area contributed by atoms with Crippen molar-refractivity contribution >= 4 is 0 Å². The molecule has 1 aliphatic carbocycles. The molecule has 0 aromatic carbocycles. The van der Waals surface area contributed by atoms with Gasteiger partial charge in [0.05, 0.1) is 17.8 Å². The first kappa shape index (κ1) is 12.6. The molecule has 1 aliphatic rings. The van der Waals surface area contributed by atoms with E-state index < -0.39 is 0 Å². The molecular weight excluding hydrogens is 214 g/mol. The summed E-state index contributed by atoms with van der Waals surface area (Å²) in [7, 11) is 1.95. The van der Waals surface area contributed by atoms with Crippen LogP contribution in [0.15, 0.2) is 0 Å². The van der Waals surface area contributed by atoms with Gasteiger partial charge in [0.15, 0.2) is 0 Å². The summed E-state index contributed by atoms with van der Waals surface area (Å²) < 4.78 is 2.05. The lowest BCUT2D eigenvalue weighted by atomic mass is 9.92. The van der Waals surface area contributed by atoms with Crippen molar-refractivity contribution < 1.29 is 5.11 Å². The third-order valence-electron chi connectivity index (χ3n) is 3.84. The number of aromatic nitrogens is 2. The molecule has 4 heteroatoms. The van der Waals surface area contributed by atoms with Crippen molar-refractivity contribution in [3.8, 4) is 0 Å². The SMILES string of the molecule is CNCc1c(C)nn(C2CCCCC2O)c1C. The van der Waals surface area contributed by atoms with Crippen LogP contribution in [-0.4, -0.2) is 28.0 Å². The maximum absolute atomic E-state index is 10.1. The van der Waals surface area contributed by atoms with E-state index in [9.17, 15) is 5.11 Å². The van der Waals surface area contributed by atoms with Crippen LogP contribution < -0.4 is 5.32 Å². The Morgan fingerprint density at radius 3 is 2.71 bits per heavy atom. The molecule has 1 saturated carbocycles. The van der Waals surface area contributed by atoms with Crippen molar-refractivity contribution in [2.24, 2.45) is 0 Å². The fraction of sp³-hybridized carbons (Fsp3) is 0.769. The summed E-state index contributed by atoms with van der Waals surface area (Å²) in [6.07, 6.45) is 4.05. The van der Waals surface area contributed by atoms with Crippen molar-refractivity contribution in [1.29, 1.82) is 0 Å². The Morgan fingerprint density at radius 2 is 2.06 bits per heavy atom. The smallest absolute Gasteiger partial charge is 0.0781 e. The fourth-order valence-corrected chi connectivity index (χ4v) is 2.83. The van der Waals surface area contributed by atoms with Crippen LogP contribution >= 0.6 is 0 Å². The average molecular weight is 237 g/mol. The predicted octanol–water partition coefficient (Wildman–Crippen LogP) is 1.70. The van der Waals surface area contributed by atoms with E-state index in [2.05, 4.69) is 17.3 Å². The zero-order chi connectivity index (χ0) is 12.4. The topological polar surface area (TPSA) is 50.1 Å². The highest BCUT2D eigenvalue weighted by atomic mass is 16.3. The zero-order valence-electron chi connectivity index (χ0n) is 11.0. The van der Waals surface area contributed by atoms with E-state index in [1.165, 1.54) is 17.7 Å². The molecule has 4 nitrogen and oxygen atoms in total. The van der Waals surface area contributed by atoms with E-state index in [-0.39, 0.29) is 12.1 Å². The summed E-state index contributed by atoms with van der Waals surface area (Å²) in [5.41, 5.74) is 3.54. The number of rotatable bonds is 3. The van der Waals surface area contributed by atoms with E-state index >= 15 is 0 Å². The van der Waals surface area contributed by atoms with Gasteiger partial charge in [-0.05, 0) is 33.7 Å². The molecule has 0 bridgehead atoms. The Hall–Kier alpha value is -0.870. The molecule has 2 unspecified atom stereocenters. The highest BCUT2D eigenvalue weighted by Gasteiger charge is 2.27. The maximum atomic E-state index is 10.1. The second-order valence-corrected chi connectivity index (χ2v) is 5.04. The van der Waals surface area contributed by atoms with Gasteiger partial charge in [-0.1, -0.05) is 12.8 Å². The maximum Gasteiger partial charge on any atom is 0.0781 e. The van der Waals surface area contributed by atoms with Gasteiger partial charge in [-0.3, -0.25) is 4.68 Å². The van der Waals surface area contributed by atoms with Crippen LogP contribution in [0.25, 0.3) is 0 Å². The molecule has 1 aromatic heterocycles. The van der Waals surface area contributed by atoms with Gasteiger partial charge in [-0.2, -0.15) is 5.10 Å². The van der Waals surface area contributed by atoms with Crippen LogP contribution in [0.1, 0.15) is 48.7 Å². The summed E-state index contributed by atoms with van der Waals surface area (Å²) >= 11 is 0. The molecule has 1 fully saturated rings. The zero-order valence-corrected chi connectivity index (χ0v) is 11.0. The van der Waals surface area contributed by atoms with Crippen LogP contribution in [0.3, 0.4) is 0 Å². The van der Waals surface area contributed by atoms with E-state index in [0.717, 1.165) is 31.5 Å². The lowest BCUT2D eigenvalue weighted by Crippen LogP contribution is -2.29. The van der Waals surface area contributed by atoms with Gasteiger partial charge in [-0.15, -0.1) is 0 Å². The molecule has 1 aromatic rings. The normalized spacial score (nSPS) is 25.2. The Balaban J connectivity index is 2.28. The fourth-order valence-electron chi connectivity index (χ4n) is 2.83. The van der Waals surface area contributed by atoms with Crippen molar-refractivity contribution in [2.75, 3.05) is 7.05 Å². The number of nitrogens with one attached hydrogen (secondary N) is 1. The summed E-state index contributed by atoms with van der Waals surface area (Å²) in [6.45, 7) is 5.00. The predicted molar refractivity (Wildman–Crippen MR) is 68.0 cm³/mol. The first-order valence-electron chi connectivity index (χ1n) is 6.52. The molecule has 0 saturated heterocycles. The Bertz CT molecular complexity index is 386. The monoisotopic (exact) mass is 237 g/mol. The minimum absolute atomic E-state index is 0.174. The average Bonchev–Trinajstić information content (AvgIpc) is 2.58. The number of hydrogen-bond donors (Lipinski definition) is 2. The van der Waals surface area contributed by atoms with Gasteiger partial charge in [0.25, 0.3) is 0 Å². The molecule has 0 aliphatic heterocycles. The standard InChI is InChI=1S/C13H23N3O/c1-9-11(8-14-3)10(2)16(15-9)12-6-4-5-7-13(12)17/h12-14,17H,4-8H2,1-3H3. The molecule has 2 rings (SSSR count). The Labute approximate surface area is 103 Å². The third-order valence-corrected chi connectivity index (χ3v) is 3.84.